The average Bonchev–Trinajstić information content (AvgIpc) is 2.47. The Morgan fingerprint density at radius 2 is 2.18 bits per heavy atom. The Labute approximate surface area is 69.5 Å². The van der Waals surface area contributed by atoms with E-state index in [1.165, 1.54) is 19.4 Å². The molecule has 0 amide bonds. The predicted molar refractivity (Wildman–Crippen MR) is 46.5 cm³/mol. The second-order valence-electron chi connectivity index (χ2n) is 3.19. The predicted octanol–water partition coefficient (Wildman–Crippen LogP) is 1.85. The number of nitrogens with zero attached hydrogens (tertiary/aromatic N) is 1. The molecule has 1 atom stereocenters. The summed E-state index contributed by atoms with van der Waals surface area (Å²) in [5.41, 5.74) is 0.0781. The number of methoxy groups -OCH3 is 1. The van der Waals surface area contributed by atoms with E-state index in [1.54, 1.807) is 0 Å². The summed E-state index contributed by atoms with van der Waals surface area (Å²) < 4.78 is 5.58. The molecule has 0 aliphatic carbocycles. The lowest BCUT2D eigenvalue weighted by molar-refractivity contribution is -0.112. The van der Waals surface area contributed by atoms with Crippen molar-refractivity contribution < 1.29 is 4.74 Å². The van der Waals surface area contributed by atoms with Crippen LogP contribution >= 0.6 is 0 Å². The zero-order valence-corrected chi connectivity index (χ0v) is 7.89. The molecular weight excluding hydrogens is 138 g/mol. The van der Waals surface area contributed by atoms with Crippen molar-refractivity contribution in [1.29, 1.82) is 0 Å². The molecule has 1 saturated heterocycles. The molecule has 0 radical (unpaired) electrons. The molecule has 1 unspecified atom stereocenters. The van der Waals surface area contributed by atoms with Crippen molar-refractivity contribution in [3.8, 4) is 0 Å². The van der Waals surface area contributed by atoms with Gasteiger partial charge in [-0.2, -0.15) is 0 Å². The van der Waals surface area contributed by atoms with Crippen molar-refractivity contribution in [2.24, 2.45) is 0 Å². The maximum absolute atomic E-state index is 5.58. The second-order valence-corrected chi connectivity index (χ2v) is 3.19. The summed E-state index contributed by atoms with van der Waals surface area (Å²) >= 11 is 0. The Morgan fingerprint density at radius 1 is 1.45 bits per heavy atom. The lowest BCUT2D eigenvalue weighted by Gasteiger charge is -2.35. The summed E-state index contributed by atoms with van der Waals surface area (Å²) in [6.07, 6.45) is 3.60. The largest absolute Gasteiger partial charge is 0.364 e. The minimum Gasteiger partial charge on any atom is -0.364 e. The summed E-state index contributed by atoms with van der Waals surface area (Å²) in [5.74, 6) is 0. The van der Waals surface area contributed by atoms with Gasteiger partial charge >= 0.3 is 0 Å². The van der Waals surface area contributed by atoms with Crippen LogP contribution in [-0.2, 0) is 4.74 Å². The van der Waals surface area contributed by atoms with Crippen LogP contribution in [0.5, 0.6) is 0 Å². The van der Waals surface area contributed by atoms with Crippen molar-refractivity contribution in [2.45, 2.75) is 38.8 Å². The van der Waals surface area contributed by atoms with E-state index in [2.05, 4.69) is 18.7 Å². The number of rotatable bonds is 3. The quantitative estimate of drug-likeness (QED) is 0.620. The smallest absolute Gasteiger partial charge is 0.121 e. The van der Waals surface area contributed by atoms with E-state index in [1.807, 2.05) is 7.11 Å². The van der Waals surface area contributed by atoms with Crippen LogP contribution in [0.15, 0.2) is 0 Å². The van der Waals surface area contributed by atoms with Gasteiger partial charge in [0.2, 0.25) is 0 Å². The highest BCUT2D eigenvalue weighted by molar-refractivity contribution is 4.85. The SMILES string of the molecule is CCN1CCCC1(CC)OC. The molecule has 66 valence electrons. The van der Waals surface area contributed by atoms with Crippen molar-refractivity contribution in [3.63, 3.8) is 0 Å². The molecule has 0 N–H and O–H groups in total. The molecule has 1 fully saturated rings. The monoisotopic (exact) mass is 157 g/mol. The fourth-order valence-electron chi connectivity index (χ4n) is 2.13. The van der Waals surface area contributed by atoms with Gasteiger partial charge in [-0.3, -0.25) is 4.90 Å². The van der Waals surface area contributed by atoms with Gasteiger partial charge in [-0.25, -0.2) is 0 Å². The maximum atomic E-state index is 5.58. The molecule has 0 saturated carbocycles. The van der Waals surface area contributed by atoms with Crippen LogP contribution in [0.25, 0.3) is 0 Å². The third-order valence-corrected chi connectivity index (χ3v) is 2.89. The number of ether oxygens (including phenoxy) is 1. The van der Waals surface area contributed by atoms with Gasteiger partial charge in [0.25, 0.3) is 0 Å². The first-order valence-corrected chi connectivity index (χ1v) is 4.59. The van der Waals surface area contributed by atoms with E-state index < -0.39 is 0 Å². The number of likely N-dealkylation sites (tertiary alicyclic amines) is 1. The number of hydrogen-bond donors (Lipinski definition) is 0. The summed E-state index contributed by atoms with van der Waals surface area (Å²) in [6, 6.07) is 0. The zero-order chi connectivity index (χ0) is 8.32. The van der Waals surface area contributed by atoms with Gasteiger partial charge < -0.3 is 4.74 Å². The third-order valence-electron chi connectivity index (χ3n) is 2.89. The van der Waals surface area contributed by atoms with Gasteiger partial charge in [0.1, 0.15) is 5.72 Å². The zero-order valence-electron chi connectivity index (χ0n) is 7.89. The van der Waals surface area contributed by atoms with E-state index >= 15 is 0 Å². The molecule has 2 nitrogen and oxygen atoms in total. The van der Waals surface area contributed by atoms with Crippen LogP contribution in [0, 0.1) is 0 Å². The minimum absolute atomic E-state index is 0.0781. The fourth-order valence-corrected chi connectivity index (χ4v) is 2.13. The molecule has 1 aliphatic heterocycles. The second kappa shape index (κ2) is 3.55. The molecule has 11 heavy (non-hydrogen) atoms. The van der Waals surface area contributed by atoms with Crippen molar-refractivity contribution in [2.75, 3.05) is 20.2 Å². The molecule has 0 aromatic heterocycles. The lowest BCUT2D eigenvalue weighted by Crippen LogP contribution is -2.44. The molecule has 1 rings (SSSR count). The average molecular weight is 157 g/mol. The molecular formula is C9H19NO. The first kappa shape index (κ1) is 9.01. The number of hydrogen-bond acceptors (Lipinski definition) is 2. The maximum Gasteiger partial charge on any atom is 0.121 e. The van der Waals surface area contributed by atoms with Crippen LogP contribution in [0.1, 0.15) is 33.1 Å². The minimum atomic E-state index is 0.0781. The highest BCUT2D eigenvalue weighted by Crippen LogP contribution is 2.32. The van der Waals surface area contributed by atoms with Gasteiger partial charge in [0, 0.05) is 13.7 Å². The van der Waals surface area contributed by atoms with Gasteiger partial charge in [-0.15, -0.1) is 0 Å². The van der Waals surface area contributed by atoms with Gasteiger partial charge in [-0.1, -0.05) is 13.8 Å². The Bertz CT molecular complexity index is 121. The molecule has 1 heterocycles. The fraction of sp³-hybridized carbons (Fsp3) is 1.00. The van der Waals surface area contributed by atoms with Crippen LogP contribution in [0.2, 0.25) is 0 Å². The highest BCUT2D eigenvalue weighted by Gasteiger charge is 2.38. The standard InChI is InChI=1S/C9H19NO/c1-4-9(11-3)7-6-8-10(9)5-2/h4-8H2,1-3H3. The van der Waals surface area contributed by atoms with Gasteiger partial charge in [0.05, 0.1) is 0 Å². The summed E-state index contributed by atoms with van der Waals surface area (Å²) in [5, 5.41) is 0. The molecule has 0 aromatic rings. The van der Waals surface area contributed by atoms with Crippen molar-refractivity contribution >= 4 is 0 Å². The van der Waals surface area contributed by atoms with Crippen molar-refractivity contribution in [1.82, 2.24) is 4.90 Å². The Kier molecular flexibility index (Phi) is 2.90. The molecule has 1 aliphatic rings. The van der Waals surface area contributed by atoms with Crippen LogP contribution < -0.4 is 0 Å². The van der Waals surface area contributed by atoms with Crippen LogP contribution in [-0.4, -0.2) is 30.8 Å². The Morgan fingerprint density at radius 3 is 2.55 bits per heavy atom. The Balaban J connectivity index is 2.63. The molecule has 2 heteroatoms. The summed E-state index contributed by atoms with van der Waals surface area (Å²) in [6.45, 7) is 6.73. The van der Waals surface area contributed by atoms with Crippen molar-refractivity contribution in [3.05, 3.63) is 0 Å². The van der Waals surface area contributed by atoms with Gasteiger partial charge in [-0.05, 0) is 25.8 Å². The first-order chi connectivity index (χ1) is 5.29. The van der Waals surface area contributed by atoms with E-state index in [4.69, 9.17) is 4.74 Å². The van der Waals surface area contributed by atoms with E-state index in [-0.39, 0.29) is 5.72 Å². The Hall–Kier alpha value is -0.0800. The highest BCUT2D eigenvalue weighted by atomic mass is 16.5. The normalized spacial score (nSPS) is 33.0. The van der Waals surface area contributed by atoms with Gasteiger partial charge in [0.15, 0.2) is 0 Å². The van der Waals surface area contributed by atoms with E-state index in [9.17, 15) is 0 Å². The third kappa shape index (κ3) is 1.42. The van der Waals surface area contributed by atoms with Crippen LogP contribution in [0.3, 0.4) is 0 Å². The first-order valence-electron chi connectivity index (χ1n) is 4.59. The molecule has 0 aromatic carbocycles. The molecule has 0 bridgehead atoms. The topological polar surface area (TPSA) is 12.5 Å². The van der Waals surface area contributed by atoms with Crippen LogP contribution in [0.4, 0.5) is 0 Å². The lowest BCUT2D eigenvalue weighted by atomic mass is 10.1. The summed E-state index contributed by atoms with van der Waals surface area (Å²) in [7, 11) is 1.83. The van der Waals surface area contributed by atoms with E-state index in [0.29, 0.717) is 0 Å². The van der Waals surface area contributed by atoms with E-state index in [0.717, 1.165) is 13.0 Å². The molecule has 0 spiro atoms. The summed E-state index contributed by atoms with van der Waals surface area (Å²) in [4.78, 5) is 2.44.